The van der Waals surface area contributed by atoms with Crippen LogP contribution in [0.25, 0.3) is 0 Å². The van der Waals surface area contributed by atoms with E-state index in [4.69, 9.17) is 5.11 Å². The van der Waals surface area contributed by atoms with Gasteiger partial charge < -0.3 is 9.84 Å². The second-order valence-electron chi connectivity index (χ2n) is 3.98. The SMILES string of the molecule is OC(F)(C(F)(F)F)C(F)(F)OC(F)(C(F)(F)F)C(F)(F)OC(F)=C(F)F. The Morgan fingerprint density at radius 2 is 1.00 bits per heavy atom. The highest BCUT2D eigenvalue weighted by atomic mass is 19.4. The molecule has 0 saturated heterocycles. The molecule has 3 nitrogen and oxygen atoms in total. The van der Waals surface area contributed by atoms with Gasteiger partial charge >= 0.3 is 48.4 Å². The van der Waals surface area contributed by atoms with Gasteiger partial charge in [-0.05, 0) is 0 Å². The fourth-order valence-electron chi connectivity index (χ4n) is 0.908. The Balaban J connectivity index is 6.27. The molecule has 0 aliphatic rings. The van der Waals surface area contributed by atoms with E-state index in [-0.39, 0.29) is 0 Å². The van der Waals surface area contributed by atoms with Gasteiger partial charge in [0, 0.05) is 0 Å². The van der Waals surface area contributed by atoms with Crippen molar-refractivity contribution < 1.29 is 80.4 Å². The van der Waals surface area contributed by atoms with Crippen molar-refractivity contribution in [1.82, 2.24) is 0 Å². The van der Waals surface area contributed by atoms with Crippen LogP contribution >= 0.6 is 0 Å². The number of halogens is 15. The van der Waals surface area contributed by atoms with Gasteiger partial charge in [-0.15, -0.1) is 0 Å². The van der Waals surface area contributed by atoms with Gasteiger partial charge in [0.25, 0.3) is 0 Å². The molecule has 156 valence electrons. The molecule has 18 heteroatoms. The fraction of sp³-hybridized carbons (Fsp3) is 0.750. The van der Waals surface area contributed by atoms with E-state index in [0.717, 1.165) is 0 Å². The number of rotatable bonds is 6. The van der Waals surface area contributed by atoms with E-state index < -0.39 is 48.4 Å². The first-order chi connectivity index (χ1) is 11.0. The lowest BCUT2D eigenvalue weighted by atomic mass is 10.2. The van der Waals surface area contributed by atoms with Crippen molar-refractivity contribution in [2.45, 2.75) is 36.3 Å². The molecule has 0 heterocycles. The second-order valence-corrected chi connectivity index (χ2v) is 3.98. The van der Waals surface area contributed by atoms with Crippen LogP contribution in [0.15, 0.2) is 12.1 Å². The summed E-state index contributed by atoms with van der Waals surface area (Å²) >= 11 is 0. The minimum Gasteiger partial charge on any atom is -0.398 e. The molecule has 0 saturated carbocycles. The standard InChI is InChI=1S/C8HF15O3/c9-1(10)2(11)25-8(22,23)4(13,6(17,18)19)26-7(20,21)3(12,24)5(14,15)16/h24H. The molecule has 2 atom stereocenters. The van der Waals surface area contributed by atoms with Crippen LogP contribution in [0.1, 0.15) is 0 Å². The Hall–Kier alpha value is -1.59. The summed E-state index contributed by atoms with van der Waals surface area (Å²) in [5.41, 5.74) is 0. The van der Waals surface area contributed by atoms with Gasteiger partial charge in [-0.1, -0.05) is 0 Å². The molecule has 0 fully saturated rings. The van der Waals surface area contributed by atoms with Crippen molar-refractivity contribution in [3.63, 3.8) is 0 Å². The predicted molar refractivity (Wildman–Crippen MR) is 44.4 cm³/mol. The van der Waals surface area contributed by atoms with Gasteiger partial charge in [0.05, 0.1) is 0 Å². The van der Waals surface area contributed by atoms with E-state index in [0.29, 0.717) is 0 Å². The third-order valence-electron chi connectivity index (χ3n) is 2.14. The van der Waals surface area contributed by atoms with Crippen molar-refractivity contribution in [2.24, 2.45) is 0 Å². The average molecular weight is 430 g/mol. The summed E-state index contributed by atoms with van der Waals surface area (Å²) in [5.74, 6) is -14.7. The Morgan fingerprint density at radius 1 is 0.615 bits per heavy atom. The minimum absolute atomic E-state index is 1.45. The van der Waals surface area contributed by atoms with E-state index in [1.54, 1.807) is 0 Å². The van der Waals surface area contributed by atoms with Crippen molar-refractivity contribution in [1.29, 1.82) is 0 Å². The van der Waals surface area contributed by atoms with E-state index >= 15 is 0 Å². The van der Waals surface area contributed by atoms with E-state index in [9.17, 15) is 65.9 Å². The third kappa shape index (κ3) is 4.21. The zero-order valence-corrected chi connectivity index (χ0v) is 10.9. The van der Waals surface area contributed by atoms with Crippen molar-refractivity contribution in [3.8, 4) is 0 Å². The van der Waals surface area contributed by atoms with Gasteiger partial charge in [-0.3, -0.25) is 4.74 Å². The van der Waals surface area contributed by atoms with E-state index in [1.165, 1.54) is 4.74 Å². The summed E-state index contributed by atoms with van der Waals surface area (Å²) in [6, 6.07) is -3.97. The normalized spacial score (nSPS) is 18.8. The second kappa shape index (κ2) is 6.54. The van der Waals surface area contributed by atoms with Crippen LogP contribution in [0, 0.1) is 0 Å². The lowest BCUT2D eigenvalue weighted by Crippen LogP contribution is -2.66. The Morgan fingerprint density at radius 3 is 1.27 bits per heavy atom. The first kappa shape index (κ1) is 24.4. The van der Waals surface area contributed by atoms with Crippen LogP contribution in [-0.2, 0) is 9.47 Å². The molecule has 0 aromatic heterocycles. The van der Waals surface area contributed by atoms with Crippen LogP contribution < -0.4 is 0 Å². The Kier molecular flexibility index (Phi) is 6.14. The average Bonchev–Trinajstić information content (AvgIpc) is 2.34. The van der Waals surface area contributed by atoms with Crippen molar-refractivity contribution in [2.75, 3.05) is 0 Å². The third-order valence-corrected chi connectivity index (χ3v) is 2.14. The Bertz CT molecular complexity index is 542. The predicted octanol–water partition coefficient (Wildman–Crippen LogP) is 4.69. The number of aliphatic hydroxyl groups is 1. The van der Waals surface area contributed by atoms with Crippen LogP contribution in [-0.4, -0.2) is 41.4 Å². The lowest BCUT2D eigenvalue weighted by Gasteiger charge is -2.38. The van der Waals surface area contributed by atoms with Crippen LogP contribution in [0.4, 0.5) is 65.9 Å². The maximum absolute atomic E-state index is 13.3. The molecule has 2 unspecified atom stereocenters. The van der Waals surface area contributed by atoms with Gasteiger partial charge in [0.15, 0.2) is 0 Å². The summed E-state index contributed by atoms with van der Waals surface area (Å²) in [6.45, 7) is 0. The summed E-state index contributed by atoms with van der Waals surface area (Å²) in [7, 11) is 0. The highest BCUT2D eigenvalue weighted by Crippen LogP contribution is 2.54. The largest absolute Gasteiger partial charge is 0.471 e. The van der Waals surface area contributed by atoms with Gasteiger partial charge in [0.2, 0.25) is 0 Å². The maximum atomic E-state index is 13.3. The van der Waals surface area contributed by atoms with Crippen LogP contribution in [0.2, 0.25) is 0 Å². The molecule has 0 bridgehead atoms. The highest BCUT2D eigenvalue weighted by molar-refractivity contribution is 4.95. The summed E-state index contributed by atoms with van der Waals surface area (Å²) in [5, 5.41) is 7.85. The monoisotopic (exact) mass is 430 g/mol. The zero-order valence-electron chi connectivity index (χ0n) is 10.9. The number of alkyl halides is 12. The first-order valence-electron chi connectivity index (χ1n) is 5.12. The molecule has 0 aromatic carbocycles. The van der Waals surface area contributed by atoms with E-state index in [2.05, 4.69) is 0 Å². The zero-order chi connectivity index (χ0) is 21.6. The number of ether oxygens (including phenoxy) is 2. The highest BCUT2D eigenvalue weighted by Gasteiger charge is 2.83. The molecule has 0 spiro atoms. The van der Waals surface area contributed by atoms with Crippen LogP contribution in [0.5, 0.6) is 0 Å². The molecule has 0 amide bonds. The minimum atomic E-state index is -7.56. The molecule has 0 radical (unpaired) electrons. The Labute approximate surface area is 130 Å². The van der Waals surface area contributed by atoms with Crippen molar-refractivity contribution in [3.05, 3.63) is 12.1 Å². The summed E-state index contributed by atoms with van der Waals surface area (Å²) < 4.78 is 188. The quantitative estimate of drug-likeness (QED) is 0.491. The fourth-order valence-corrected chi connectivity index (χ4v) is 0.908. The molecule has 0 aromatic rings. The lowest BCUT2D eigenvalue weighted by molar-refractivity contribution is -0.539. The van der Waals surface area contributed by atoms with E-state index in [1.807, 2.05) is 4.74 Å². The van der Waals surface area contributed by atoms with Crippen LogP contribution in [0.3, 0.4) is 0 Å². The molecule has 26 heavy (non-hydrogen) atoms. The van der Waals surface area contributed by atoms with Gasteiger partial charge in [-0.25, -0.2) is 0 Å². The molecule has 0 aliphatic carbocycles. The molecule has 0 aliphatic heterocycles. The topological polar surface area (TPSA) is 38.7 Å². The van der Waals surface area contributed by atoms with Gasteiger partial charge in [-0.2, -0.15) is 65.9 Å². The maximum Gasteiger partial charge on any atom is 0.471 e. The first-order valence-corrected chi connectivity index (χ1v) is 5.12. The molecular formula is C8HF15O3. The smallest absolute Gasteiger partial charge is 0.398 e. The number of hydrogen-bond acceptors (Lipinski definition) is 3. The molecule has 1 N–H and O–H groups in total. The summed E-state index contributed by atoms with van der Waals surface area (Å²) in [6.07, 6.45) is -33.5. The number of hydrogen-bond donors (Lipinski definition) is 1. The van der Waals surface area contributed by atoms with Crippen molar-refractivity contribution >= 4 is 0 Å². The molecular weight excluding hydrogens is 429 g/mol. The van der Waals surface area contributed by atoms with Gasteiger partial charge in [0.1, 0.15) is 0 Å². The summed E-state index contributed by atoms with van der Waals surface area (Å²) in [4.78, 5) is 0. The molecule has 0 rings (SSSR count).